The molecule has 1 aliphatic heterocycles. The molecule has 0 atom stereocenters. The van der Waals surface area contributed by atoms with Crippen LogP contribution in [0.4, 0.5) is 11.6 Å². The summed E-state index contributed by atoms with van der Waals surface area (Å²) >= 11 is 0. The third-order valence-corrected chi connectivity index (χ3v) is 6.61. The molecule has 1 fully saturated rings. The molecule has 1 amide bonds. The minimum absolute atomic E-state index is 0.0338. The third kappa shape index (κ3) is 3.55. The fourth-order valence-electron chi connectivity index (χ4n) is 4.51. The zero-order chi connectivity index (χ0) is 23.4. The lowest BCUT2D eigenvalue weighted by molar-refractivity contribution is 0.0940. The van der Waals surface area contributed by atoms with Crippen LogP contribution in [0, 0.1) is 0 Å². The van der Waals surface area contributed by atoms with E-state index in [-0.39, 0.29) is 5.91 Å². The van der Waals surface area contributed by atoms with E-state index in [1.807, 2.05) is 62.1 Å². The van der Waals surface area contributed by atoms with Crippen molar-refractivity contribution in [2.24, 2.45) is 0 Å². The van der Waals surface area contributed by atoms with Crippen LogP contribution in [0.15, 0.2) is 55.0 Å². The number of benzene rings is 2. The molecule has 2 aliphatic rings. The molecule has 1 aliphatic carbocycles. The molecule has 172 valence electrons. The number of anilines is 2. The van der Waals surface area contributed by atoms with Crippen LogP contribution in [-0.2, 0) is 12.1 Å². The Morgan fingerprint density at radius 2 is 1.94 bits per heavy atom. The average Bonchev–Trinajstić information content (AvgIpc) is 3.33. The van der Waals surface area contributed by atoms with Gasteiger partial charge >= 0.3 is 0 Å². The summed E-state index contributed by atoms with van der Waals surface area (Å²) in [6.07, 6.45) is 6.50. The maximum Gasteiger partial charge on any atom is 0.252 e. The van der Waals surface area contributed by atoms with Gasteiger partial charge in [0.2, 0.25) is 5.95 Å². The number of rotatable bonds is 6. The summed E-state index contributed by atoms with van der Waals surface area (Å²) in [6, 6.07) is 14.0. The standard InChI is InChI=1S/C26H27N7O/c1-4-33-25(28-18-9-12-20-21(13-18)26(2,3)30-24(20)34)29-23(31-33)17-7-10-19(11-8-17)32-14-22(27-15-32)16-5-6-16/h7-16H,4-6H2,1-3H3,(H,30,34)(H,28,29,31). The number of aromatic nitrogens is 5. The van der Waals surface area contributed by atoms with Crippen LogP contribution in [-0.4, -0.2) is 30.2 Å². The van der Waals surface area contributed by atoms with E-state index in [0.29, 0.717) is 24.2 Å². The number of imidazole rings is 1. The molecule has 2 aromatic carbocycles. The number of amides is 1. The summed E-state index contributed by atoms with van der Waals surface area (Å²) in [6.45, 7) is 6.74. The minimum Gasteiger partial charge on any atom is -0.343 e. The van der Waals surface area contributed by atoms with E-state index < -0.39 is 5.54 Å². The zero-order valence-electron chi connectivity index (χ0n) is 19.5. The Morgan fingerprint density at radius 1 is 1.15 bits per heavy atom. The van der Waals surface area contributed by atoms with E-state index in [0.717, 1.165) is 28.1 Å². The number of hydrogen-bond acceptors (Lipinski definition) is 5. The maximum absolute atomic E-state index is 12.2. The largest absolute Gasteiger partial charge is 0.343 e. The molecule has 1 saturated carbocycles. The molecule has 4 aromatic rings. The van der Waals surface area contributed by atoms with Crippen molar-refractivity contribution >= 4 is 17.5 Å². The lowest BCUT2D eigenvalue weighted by Gasteiger charge is -2.19. The number of fused-ring (bicyclic) bond motifs is 1. The van der Waals surface area contributed by atoms with E-state index in [2.05, 4.69) is 38.5 Å². The first-order chi connectivity index (χ1) is 16.4. The fraction of sp³-hybridized carbons (Fsp3) is 0.308. The number of carbonyl (C=O) groups is 1. The number of nitrogens with zero attached hydrogens (tertiary/aromatic N) is 5. The first-order valence-electron chi connectivity index (χ1n) is 11.7. The first kappa shape index (κ1) is 20.7. The molecule has 8 heteroatoms. The number of carbonyl (C=O) groups excluding carboxylic acids is 1. The van der Waals surface area contributed by atoms with Gasteiger partial charge in [0.1, 0.15) is 0 Å². The van der Waals surface area contributed by atoms with Gasteiger partial charge in [-0.1, -0.05) is 0 Å². The second-order valence-electron chi connectivity index (χ2n) is 9.57. The SMILES string of the molecule is CCn1nc(-c2ccc(-n3cnc(C4CC4)c3)cc2)nc1Nc1ccc2c(c1)C(C)(C)NC2=O. The highest BCUT2D eigenvalue weighted by Crippen LogP contribution is 2.39. The van der Waals surface area contributed by atoms with Crippen LogP contribution < -0.4 is 10.6 Å². The van der Waals surface area contributed by atoms with Gasteiger partial charge in [0, 0.05) is 41.2 Å². The molecule has 0 saturated heterocycles. The van der Waals surface area contributed by atoms with Gasteiger partial charge in [0.25, 0.3) is 5.91 Å². The highest BCUT2D eigenvalue weighted by Gasteiger charge is 2.35. The second-order valence-corrected chi connectivity index (χ2v) is 9.57. The van der Waals surface area contributed by atoms with E-state index in [4.69, 9.17) is 10.1 Å². The van der Waals surface area contributed by atoms with Crippen LogP contribution in [0.2, 0.25) is 0 Å². The van der Waals surface area contributed by atoms with Crippen molar-refractivity contribution < 1.29 is 4.79 Å². The van der Waals surface area contributed by atoms with Gasteiger partial charge in [-0.05, 0) is 81.6 Å². The monoisotopic (exact) mass is 453 g/mol. The van der Waals surface area contributed by atoms with Crippen molar-refractivity contribution in [3.05, 3.63) is 71.8 Å². The molecule has 34 heavy (non-hydrogen) atoms. The topological polar surface area (TPSA) is 89.7 Å². The molecule has 3 heterocycles. The molecule has 6 rings (SSSR count). The molecule has 2 aromatic heterocycles. The Balaban J connectivity index is 1.25. The molecule has 0 spiro atoms. The summed E-state index contributed by atoms with van der Waals surface area (Å²) in [5.74, 6) is 1.94. The molecule has 0 bridgehead atoms. The third-order valence-electron chi connectivity index (χ3n) is 6.61. The summed E-state index contributed by atoms with van der Waals surface area (Å²) in [4.78, 5) is 21.5. The van der Waals surface area contributed by atoms with Crippen molar-refractivity contribution in [2.75, 3.05) is 5.32 Å². The Labute approximate surface area is 198 Å². The van der Waals surface area contributed by atoms with Gasteiger partial charge < -0.3 is 15.2 Å². The van der Waals surface area contributed by atoms with Crippen molar-refractivity contribution in [3.8, 4) is 17.1 Å². The second kappa shape index (κ2) is 7.55. The van der Waals surface area contributed by atoms with E-state index in [1.54, 1.807) is 0 Å². The Morgan fingerprint density at radius 3 is 2.68 bits per heavy atom. The van der Waals surface area contributed by atoms with Gasteiger partial charge in [-0.25, -0.2) is 9.67 Å². The number of nitrogens with one attached hydrogen (secondary N) is 2. The highest BCUT2D eigenvalue weighted by molar-refractivity contribution is 6.00. The van der Waals surface area contributed by atoms with Crippen LogP contribution in [0.5, 0.6) is 0 Å². The van der Waals surface area contributed by atoms with Crippen molar-refractivity contribution in [2.45, 2.75) is 51.6 Å². The van der Waals surface area contributed by atoms with Crippen LogP contribution in [0.1, 0.15) is 61.1 Å². The lowest BCUT2D eigenvalue weighted by atomic mass is 9.94. The highest BCUT2D eigenvalue weighted by atomic mass is 16.2. The van der Waals surface area contributed by atoms with E-state index in [1.165, 1.54) is 18.5 Å². The van der Waals surface area contributed by atoms with Gasteiger partial charge in [0.15, 0.2) is 5.82 Å². The predicted octanol–water partition coefficient (Wildman–Crippen LogP) is 4.75. The van der Waals surface area contributed by atoms with Crippen LogP contribution in [0.3, 0.4) is 0 Å². The summed E-state index contributed by atoms with van der Waals surface area (Å²) in [5, 5.41) is 11.1. The Bertz CT molecular complexity index is 1390. The molecule has 8 nitrogen and oxygen atoms in total. The van der Waals surface area contributed by atoms with E-state index >= 15 is 0 Å². The molecule has 0 radical (unpaired) electrons. The Kier molecular flexibility index (Phi) is 4.58. The van der Waals surface area contributed by atoms with Gasteiger partial charge in [-0.3, -0.25) is 4.79 Å². The van der Waals surface area contributed by atoms with Crippen molar-refractivity contribution in [1.82, 2.24) is 29.6 Å². The summed E-state index contributed by atoms with van der Waals surface area (Å²) in [7, 11) is 0. The molecular weight excluding hydrogens is 426 g/mol. The zero-order valence-corrected chi connectivity index (χ0v) is 19.5. The fourth-order valence-corrected chi connectivity index (χ4v) is 4.51. The van der Waals surface area contributed by atoms with Crippen LogP contribution in [0.25, 0.3) is 17.1 Å². The predicted molar refractivity (Wildman–Crippen MR) is 130 cm³/mol. The Hall–Kier alpha value is -3.94. The summed E-state index contributed by atoms with van der Waals surface area (Å²) < 4.78 is 3.92. The normalized spacial score (nSPS) is 16.4. The molecular formula is C26H27N7O. The minimum atomic E-state index is -0.399. The van der Waals surface area contributed by atoms with Gasteiger partial charge in [0.05, 0.1) is 17.6 Å². The smallest absolute Gasteiger partial charge is 0.252 e. The summed E-state index contributed by atoms with van der Waals surface area (Å²) in [5.41, 5.74) is 5.37. The van der Waals surface area contributed by atoms with Gasteiger partial charge in [-0.2, -0.15) is 4.98 Å². The van der Waals surface area contributed by atoms with E-state index in [9.17, 15) is 4.79 Å². The number of aryl methyl sites for hydroxylation is 1. The van der Waals surface area contributed by atoms with Gasteiger partial charge in [-0.15, -0.1) is 5.10 Å². The maximum atomic E-state index is 12.2. The first-order valence-corrected chi connectivity index (χ1v) is 11.7. The average molecular weight is 454 g/mol. The van der Waals surface area contributed by atoms with Crippen molar-refractivity contribution in [3.63, 3.8) is 0 Å². The van der Waals surface area contributed by atoms with Crippen LogP contribution >= 0.6 is 0 Å². The van der Waals surface area contributed by atoms with Crippen molar-refractivity contribution in [1.29, 1.82) is 0 Å². The quantitative estimate of drug-likeness (QED) is 0.440. The molecule has 2 N–H and O–H groups in total. The lowest BCUT2D eigenvalue weighted by Crippen LogP contribution is -2.32. The molecule has 0 unspecified atom stereocenters. The number of hydrogen-bond donors (Lipinski definition) is 2.